The summed E-state index contributed by atoms with van der Waals surface area (Å²) in [5.74, 6) is 2.04. The maximum absolute atomic E-state index is 9.39. The summed E-state index contributed by atoms with van der Waals surface area (Å²) in [7, 11) is 1.59. The first-order valence-corrected chi connectivity index (χ1v) is 9.26. The highest BCUT2D eigenvalue weighted by atomic mass is 16.5. The van der Waals surface area contributed by atoms with Crippen LogP contribution in [0.2, 0.25) is 0 Å². The van der Waals surface area contributed by atoms with Gasteiger partial charge in [0.05, 0.1) is 20.0 Å². The van der Waals surface area contributed by atoms with Crippen LogP contribution in [0.25, 0.3) is 22.3 Å². The molecule has 0 aliphatic heterocycles. The Balaban J connectivity index is 1.50. The maximum Gasteiger partial charge on any atom is 0.140 e. The van der Waals surface area contributed by atoms with E-state index >= 15 is 0 Å². The number of methoxy groups -OCH3 is 1. The lowest BCUT2D eigenvalue weighted by Gasteiger charge is -2.09. The monoisotopic (exact) mass is 391 g/mol. The van der Waals surface area contributed by atoms with Gasteiger partial charge in [-0.05, 0) is 42.8 Å². The van der Waals surface area contributed by atoms with Gasteiger partial charge in [-0.1, -0.05) is 5.16 Å². The molecule has 0 aliphatic carbocycles. The van der Waals surface area contributed by atoms with E-state index in [2.05, 4.69) is 10.1 Å². The van der Waals surface area contributed by atoms with E-state index in [1.54, 1.807) is 43.9 Å². The molecule has 2 aromatic carbocycles. The quantitative estimate of drug-likeness (QED) is 0.292. The van der Waals surface area contributed by atoms with Crippen molar-refractivity contribution in [2.45, 2.75) is 13.0 Å². The Morgan fingerprint density at radius 3 is 2.66 bits per heavy atom. The van der Waals surface area contributed by atoms with E-state index in [1.807, 2.05) is 35.0 Å². The number of nitrogens with zero attached hydrogens (tertiary/aromatic N) is 3. The third-order valence-corrected chi connectivity index (χ3v) is 4.59. The van der Waals surface area contributed by atoms with Gasteiger partial charge >= 0.3 is 0 Å². The van der Waals surface area contributed by atoms with Gasteiger partial charge in [-0.3, -0.25) is 0 Å². The summed E-state index contributed by atoms with van der Waals surface area (Å²) in [5, 5.41) is 13.9. The lowest BCUT2D eigenvalue weighted by Crippen LogP contribution is -2.04. The lowest BCUT2D eigenvalue weighted by molar-refractivity contribution is 0.301. The molecule has 0 aliphatic rings. The second kappa shape index (κ2) is 8.52. The SMILES string of the molecule is COc1ccc2c(=NO)cc(-c3ccc(OCCCn4ccnc4)cc3)oc2c1. The molecule has 4 aromatic rings. The van der Waals surface area contributed by atoms with Crippen molar-refractivity contribution in [2.75, 3.05) is 13.7 Å². The largest absolute Gasteiger partial charge is 0.497 e. The van der Waals surface area contributed by atoms with Crippen molar-refractivity contribution in [3.63, 3.8) is 0 Å². The van der Waals surface area contributed by atoms with Crippen molar-refractivity contribution in [3.8, 4) is 22.8 Å². The number of rotatable bonds is 7. The predicted octanol–water partition coefficient (Wildman–Crippen LogP) is 4.06. The summed E-state index contributed by atoms with van der Waals surface area (Å²) in [6.07, 6.45) is 6.39. The molecule has 7 nitrogen and oxygen atoms in total. The van der Waals surface area contributed by atoms with E-state index in [0.717, 1.165) is 24.3 Å². The molecule has 4 rings (SSSR count). The predicted molar refractivity (Wildman–Crippen MR) is 108 cm³/mol. The summed E-state index contributed by atoms with van der Waals surface area (Å²) >= 11 is 0. The molecular formula is C22H21N3O4. The number of aromatic nitrogens is 2. The van der Waals surface area contributed by atoms with Gasteiger partial charge in [-0.2, -0.15) is 0 Å². The molecule has 0 amide bonds. The van der Waals surface area contributed by atoms with E-state index in [9.17, 15) is 5.21 Å². The first-order valence-electron chi connectivity index (χ1n) is 9.26. The first-order chi connectivity index (χ1) is 14.3. The zero-order valence-electron chi connectivity index (χ0n) is 16.0. The van der Waals surface area contributed by atoms with Gasteiger partial charge < -0.3 is 23.7 Å². The molecule has 2 heterocycles. The number of aryl methyl sites for hydroxylation is 1. The Kier molecular flexibility index (Phi) is 5.47. The molecule has 29 heavy (non-hydrogen) atoms. The number of hydrogen-bond acceptors (Lipinski definition) is 6. The minimum Gasteiger partial charge on any atom is -0.497 e. The fraction of sp³-hybridized carbons (Fsp3) is 0.182. The van der Waals surface area contributed by atoms with Gasteiger partial charge in [-0.25, -0.2) is 4.98 Å². The van der Waals surface area contributed by atoms with E-state index in [1.165, 1.54) is 0 Å². The standard InChI is InChI=1S/C22H21N3O4/c1-27-18-7-8-19-20(24-26)14-21(29-22(19)13-18)16-3-5-17(6-4-16)28-12-2-10-25-11-9-23-15-25/h3-9,11,13-15,26H,2,10,12H2,1H3. The first kappa shape index (κ1) is 18.6. The normalized spacial score (nSPS) is 11.7. The highest BCUT2D eigenvalue weighted by Crippen LogP contribution is 2.26. The number of benzene rings is 2. The van der Waals surface area contributed by atoms with E-state index in [0.29, 0.717) is 34.4 Å². The van der Waals surface area contributed by atoms with Crippen LogP contribution in [0.1, 0.15) is 6.42 Å². The summed E-state index contributed by atoms with van der Waals surface area (Å²) in [6.45, 7) is 1.48. The third kappa shape index (κ3) is 4.24. The molecular weight excluding hydrogens is 370 g/mol. The fourth-order valence-corrected chi connectivity index (χ4v) is 3.07. The molecule has 0 bridgehead atoms. The van der Waals surface area contributed by atoms with Crippen LogP contribution in [0.3, 0.4) is 0 Å². The zero-order chi connectivity index (χ0) is 20.1. The van der Waals surface area contributed by atoms with Gasteiger partial charge in [0, 0.05) is 42.0 Å². The molecule has 0 unspecified atom stereocenters. The molecule has 0 saturated heterocycles. The number of hydrogen-bond donors (Lipinski definition) is 1. The van der Waals surface area contributed by atoms with Crippen LogP contribution in [-0.2, 0) is 6.54 Å². The van der Waals surface area contributed by atoms with Crippen molar-refractivity contribution in [3.05, 3.63) is 72.6 Å². The van der Waals surface area contributed by atoms with Crippen molar-refractivity contribution in [1.82, 2.24) is 9.55 Å². The van der Waals surface area contributed by atoms with Crippen LogP contribution < -0.4 is 14.8 Å². The summed E-state index contributed by atoms with van der Waals surface area (Å²) < 4.78 is 19.1. The van der Waals surface area contributed by atoms with Crippen LogP contribution in [0, 0.1) is 0 Å². The Morgan fingerprint density at radius 1 is 1.10 bits per heavy atom. The van der Waals surface area contributed by atoms with Crippen LogP contribution in [0.4, 0.5) is 0 Å². The van der Waals surface area contributed by atoms with Gasteiger partial charge in [0.25, 0.3) is 0 Å². The van der Waals surface area contributed by atoms with Gasteiger partial charge in [0.1, 0.15) is 28.2 Å². The Labute approximate surface area is 167 Å². The molecule has 0 spiro atoms. The second-order valence-corrected chi connectivity index (χ2v) is 6.48. The molecule has 0 fully saturated rings. The van der Waals surface area contributed by atoms with Crippen LogP contribution in [0.15, 0.2) is 76.8 Å². The fourth-order valence-electron chi connectivity index (χ4n) is 3.07. The summed E-state index contributed by atoms with van der Waals surface area (Å²) in [5.41, 5.74) is 1.43. The average molecular weight is 391 g/mol. The molecule has 0 radical (unpaired) electrons. The highest BCUT2D eigenvalue weighted by molar-refractivity contribution is 5.79. The van der Waals surface area contributed by atoms with E-state index in [4.69, 9.17) is 13.9 Å². The van der Waals surface area contributed by atoms with E-state index in [-0.39, 0.29) is 0 Å². The zero-order valence-corrected chi connectivity index (χ0v) is 16.0. The third-order valence-electron chi connectivity index (χ3n) is 4.59. The molecule has 7 heteroatoms. The number of imidazole rings is 1. The van der Waals surface area contributed by atoms with Crippen LogP contribution >= 0.6 is 0 Å². The Morgan fingerprint density at radius 2 is 1.93 bits per heavy atom. The second-order valence-electron chi connectivity index (χ2n) is 6.48. The topological polar surface area (TPSA) is 82.0 Å². The molecule has 0 atom stereocenters. The Hall–Kier alpha value is -3.74. The number of fused-ring (bicyclic) bond motifs is 1. The minimum absolute atomic E-state index is 0.434. The summed E-state index contributed by atoms with van der Waals surface area (Å²) in [4.78, 5) is 4.02. The van der Waals surface area contributed by atoms with Crippen LogP contribution in [0.5, 0.6) is 11.5 Å². The molecule has 148 valence electrons. The lowest BCUT2D eigenvalue weighted by atomic mass is 10.1. The Bertz CT molecular complexity index is 1150. The van der Waals surface area contributed by atoms with Crippen LogP contribution in [-0.4, -0.2) is 28.5 Å². The van der Waals surface area contributed by atoms with Crippen molar-refractivity contribution in [2.24, 2.45) is 5.16 Å². The van der Waals surface area contributed by atoms with E-state index < -0.39 is 0 Å². The molecule has 2 aromatic heterocycles. The summed E-state index contributed by atoms with van der Waals surface area (Å²) in [6, 6.07) is 14.7. The van der Waals surface area contributed by atoms with Crippen molar-refractivity contribution in [1.29, 1.82) is 0 Å². The highest BCUT2D eigenvalue weighted by Gasteiger charge is 2.08. The average Bonchev–Trinajstić information content (AvgIpc) is 3.29. The van der Waals surface area contributed by atoms with Gasteiger partial charge in [-0.15, -0.1) is 0 Å². The van der Waals surface area contributed by atoms with Gasteiger partial charge in [0.15, 0.2) is 0 Å². The number of ether oxygens (including phenoxy) is 2. The van der Waals surface area contributed by atoms with Gasteiger partial charge in [0.2, 0.25) is 0 Å². The smallest absolute Gasteiger partial charge is 0.140 e. The maximum atomic E-state index is 9.39. The van der Waals surface area contributed by atoms with Crippen molar-refractivity contribution < 1.29 is 19.1 Å². The minimum atomic E-state index is 0.434. The molecule has 0 saturated carbocycles. The van der Waals surface area contributed by atoms with Crippen molar-refractivity contribution >= 4 is 11.0 Å². The molecule has 1 N–H and O–H groups in total.